The fourth-order valence-corrected chi connectivity index (χ4v) is 8.91. The van der Waals surface area contributed by atoms with Crippen LogP contribution < -0.4 is 10.2 Å². The van der Waals surface area contributed by atoms with Crippen LogP contribution in [-0.2, 0) is 21.7 Å². The van der Waals surface area contributed by atoms with E-state index in [0.29, 0.717) is 24.2 Å². The van der Waals surface area contributed by atoms with Gasteiger partial charge in [0, 0.05) is 34.9 Å². The number of hydrogen-bond donors (Lipinski definition) is 3. The number of nitrogens with zero attached hydrogens (tertiary/aromatic N) is 1. The van der Waals surface area contributed by atoms with Gasteiger partial charge in [-0.15, -0.1) is 0 Å². The number of hydrogen-bond acceptors (Lipinski definition) is 5. The van der Waals surface area contributed by atoms with Crippen LogP contribution in [0.25, 0.3) is 0 Å². The number of carbonyl (C=O) groups is 2. The fourth-order valence-electron chi connectivity index (χ4n) is 6.31. The molecule has 7 nitrogen and oxygen atoms in total. The van der Waals surface area contributed by atoms with Crippen LogP contribution in [0.1, 0.15) is 34.8 Å². The number of para-hydroxylation sites is 1. The van der Waals surface area contributed by atoms with Gasteiger partial charge in [-0.25, -0.2) is 0 Å². The highest BCUT2D eigenvalue weighted by Gasteiger charge is 2.65. The van der Waals surface area contributed by atoms with Crippen LogP contribution in [0.15, 0.2) is 78.9 Å². The molecule has 2 heterocycles. The SMILES string of the molecule is C[C@@H]1[C@@H]([Si](C)(C)O)[C@H](CCO)O[C@@]12C(=O)N(Cc1cccc(NC(=O)c3ccccc3)c1)c1ccccc12. The van der Waals surface area contributed by atoms with Crippen LogP contribution in [0.4, 0.5) is 11.4 Å². The average Bonchev–Trinajstić information content (AvgIpc) is 3.32. The van der Waals surface area contributed by atoms with E-state index in [1.54, 1.807) is 17.0 Å². The number of amides is 2. The van der Waals surface area contributed by atoms with E-state index in [1.165, 1.54) is 0 Å². The molecule has 0 aromatic heterocycles. The summed E-state index contributed by atoms with van der Waals surface area (Å²) in [5.74, 6) is -0.622. The highest BCUT2D eigenvalue weighted by molar-refractivity contribution is 6.71. The zero-order chi connectivity index (χ0) is 27.1. The zero-order valence-corrected chi connectivity index (χ0v) is 22.9. The summed E-state index contributed by atoms with van der Waals surface area (Å²) in [7, 11) is -2.73. The second-order valence-electron chi connectivity index (χ2n) is 10.8. The third-order valence-corrected chi connectivity index (χ3v) is 10.4. The smallest absolute Gasteiger partial charge is 0.264 e. The monoisotopic (exact) mass is 530 g/mol. The molecule has 2 amide bonds. The van der Waals surface area contributed by atoms with Crippen molar-refractivity contribution in [2.24, 2.45) is 5.92 Å². The van der Waals surface area contributed by atoms with E-state index in [-0.39, 0.29) is 29.9 Å². The molecule has 198 valence electrons. The second kappa shape index (κ2) is 10.1. The minimum atomic E-state index is -2.73. The number of fused-ring (bicyclic) bond motifs is 2. The first kappa shape index (κ1) is 26.3. The number of rotatable bonds is 7. The molecular weight excluding hydrogens is 496 g/mol. The van der Waals surface area contributed by atoms with E-state index >= 15 is 0 Å². The number of aliphatic hydroxyl groups is 1. The number of carbonyl (C=O) groups excluding carboxylic acids is 2. The van der Waals surface area contributed by atoms with Crippen molar-refractivity contribution in [3.05, 3.63) is 95.6 Å². The molecule has 8 heteroatoms. The molecule has 38 heavy (non-hydrogen) atoms. The minimum absolute atomic E-state index is 0.0739. The minimum Gasteiger partial charge on any atom is -0.432 e. The molecule has 0 radical (unpaired) electrons. The van der Waals surface area contributed by atoms with Gasteiger partial charge in [0.25, 0.3) is 11.8 Å². The summed E-state index contributed by atoms with van der Waals surface area (Å²) in [5.41, 5.74) is 2.24. The standard InChI is InChI=1S/C30H34N2O5Si/c1-20-27(38(2,3)36)26(16-17-33)37-30(20)24-14-7-8-15-25(24)32(29(30)35)19-21-10-9-13-23(18-21)31-28(34)22-11-5-4-6-12-22/h4-15,18,20,26-27,33,36H,16-17,19H2,1-3H3,(H,31,34)/t20-,26+,27-,30+/m1/s1. The van der Waals surface area contributed by atoms with Crippen molar-refractivity contribution in [1.29, 1.82) is 0 Å². The van der Waals surface area contributed by atoms with Gasteiger partial charge in [-0.1, -0.05) is 55.5 Å². The predicted molar refractivity (Wildman–Crippen MR) is 149 cm³/mol. The van der Waals surface area contributed by atoms with E-state index in [4.69, 9.17) is 4.74 Å². The Morgan fingerprint density at radius 2 is 1.76 bits per heavy atom. The first-order valence-electron chi connectivity index (χ1n) is 13.0. The van der Waals surface area contributed by atoms with Gasteiger partial charge in [0.15, 0.2) is 13.9 Å². The van der Waals surface area contributed by atoms with E-state index < -0.39 is 20.0 Å². The fraction of sp³-hybridized carbons (Fsp3) is 0.333. The molecule has 1 saturated heterocycles. The summed E-state index contributed by atoms with van der Waals surface area (Å²) >= 11 is 0. The van der Waals surface area contributed by atoms with Gasteiger partial charge < -0.3 is 24.9 Å². The lowest BCUT2D eigenvalue weighted by atomic mass is 9.82. The Morgan fingerprint density at radius 3 is 2.47 bits per heavy atom. The maximum absolute atomic E-state index is 14.3. The van der Waals surface area contributed by atoms with Crippen molar-refractivity contribution < 1.29 is 24.2 Å². The van der Waals surface area contributed by atoms with Crippen molar-refractivity contribution in [1.82, 2.24) is 0 Å². The molecule has 2 aliphatic rings. The van der Waals surface area contributed by atoms with Crippen LogP contribution in [-0.4, -0.2) is 42.7 Å². The first-order chi connectivity index (χ1) is 18.2. The molecule has 1 spiro atoms. The molecule has 3 aromatic rings. The van der Waals surface area contributed by atoms with Crippen molar-refractivity contribution in [3.63, 3.8) is 0 Å². The quantitative estimate of drug-likeness (QED) is 0.386. The molecule has 0 bridgehead atoms. The van der Waals surface area contributed by atoms with Gasteiger partial charge in [0.2, 0.25) is 0 Å². The molecule has 1 fully saturated rings. The van der Waals surface area contributed by atoms with Gasteiger partial charge in [-0.2, -0.15) is 0 Å². The van der Waals surface area contributed by atoms with Crippen molar-refractivity contribution in [2.45, 2.75) is 50.2 Å². The zero-order valence-electron chi connectivity index (χ0n) is 21.9. The summed E-state index contributed by atoms with van der Waals surface area (Å²) < 4.78 is 6.60. The van der Waals surface area contributed by atoms with E-state index in [2.05, 4.69) is 5.32 Å². The van der Waals surface area contributed by atoms with Crippen LogP contribution in [0.2, 0.25) is 18.6 Å². The molecular formula is C30H34N2O5Si. The number of ether oxygens (including phenoxy) is 1. The third-order valence-electron chi connectivity index (χ3n) is 7.87. The third kappa shape index (κ3) is 4.47. The van der Waals surface area contributed by atoms with Gasteiger partial charge in [0.1, 0.15) is 0 Å². The van der Waals surface area contributed by atoms with E-state index in [1.807, 2.05) is 86.7 Å². The molecule has 0 saturated carbocycles. The highest BCUT2D eigenvalue weighted by Crippen LogP contribution is 2.59. The highest BCUT2D eigenvalue weighted by atomic mass is 28.4. The number of anilines is 2. The summed E-state index contributed by atoms with van der Waals surface area (Å²) in [6, 6.07) is 24.2. The summed E-state index contributed by atoms with van der Waals surface area (Å²) in [6.45, 7) is 5.97. The van der Waals surface area contributed by atoms with Gasteiger partial charge in [-0.05, 0) is 55.4 Å². The van der Waals surface area contributed by atoms with Gasteiger partial charge in [0.05, 0.1) is 18.3 Å². The van der Waals surface area contributed by atoms with Crippen molar-refractivity contribution in [2.75, 3.05) is 16.8 Å². The largest absolute Gasteiger partial charge is 0.432 e. The van der Waals surface area contributed by atoms with E-state index in [9.17, 15) is 19.5 Å². The number of aliphatic hydroxyl groups excluding tert-OH is 1. The summed E-state index contributed by atoms with van der Waals surface area (Å²) in [6.07, 6.45) is -0.0399. The van der Waals surface area contributed by atoms with Crippen LogP contribution in [0, 0.1) is 5.92 Å². The van der Waals surface area contributed by atoms with Gasteiger partial charge >= 0.3 is 0 Å². The number of benzene rings is 3. The van der Waals surface area contributed by atoms with Crippen molar-refractivity contribution in [3.8, 4) is 0 Å². The first-order valence-corrected chi connectivity index (χ1v) is 16.1. The molecule has 5 rings (SSSR count). The van der Waals surface area contributed by atoms with Gasteiger partial charge in [-0.3, -0.25) is 9.59 Å². The lowest BCUT2D eigenvalue weighted by molar-refractivity contribution is -0.146. The van der Waals surface area contributed by atoms with Crippen LogP contribution >= 0.6 is 0 Å². The molecule has 0 unspecified atom stereocenters. The predicted octanol–water partition coefficient (Wildman–Crippen LogP) is 4.67. The lowest BCUT2D eigenvalue weighted by Crippen LogP contribution is -2.46. The Labute approximate surface area is 224 Å². The topological polar surface area (TPSA) is 99.1 Å². The molecule has 3 aromatic carbocycles. The van der Waals surface area contributed by atoms with Crippen molar-refractivity contribution >= 4 is 31.5 Å². The van der Waals surface area contributed by atoms with E-state index in [0.717, 1.165) is 16.8 Å². The number of nitrogens with one attached hydrogen (secondary N) is 1. The second-order valence-corrected chi connectivity index (χ2v) is 14.8. The Hall–Kier alpha value is -3.30. The maximum Gasteiger partial charge on any atom is 0.264 e. The molecule has 4 atom stereocenters. The Balaban J connectivity index is 1.46. The lowest BCUT2D eigenvalue weighted by Gasteiger charge is -2.32. The van der Waals surface area contributed by atoms with Crippen LogP contribution in [0.5, 0.6) is 0 Å². The Morgan fingerprint density at radius 1 is 1.05 bits per heavy atom. The normalized spacial score (nSPS) is 24.6. The molecule has 2 aliphatic heterocycles. The average molecular weight is 531 g/mol. The maximum atomic E-state index is 14.3. The molecule has 0 aliphatic carbocycles. The Bertz CT molecular complexity index is 1340. The van der Waals surface area contributed by atoms with Crippen LogP contribution in [0.3, 0.4) is 0 Å². The summed E-state index contributed by atoms with van der Waals surface area (Å²) in [4.78, 5) is 39.8. The molecule has 3 N–H and O–H groups in total. The Kier molecular flexibility index (Phi) is 7.00. The summed E-state index contributed by atoms with van der Waals surface area (Å²) in [5, 5.41) is 12.7.